The Morgan fingerprint density at radius 3 is 2.63 bits per heavy atom. The summed E-state index contributed by atoms with van der Waals surface area (Å²) in [4.78, 5) is 0. The van der Waals surface area contributed by atoms with Crippen LogP contribution in [0.4, 0.5) is 5.69 Å². The molecular formula is C16H17BrN2. The quantitative estimate of drug-likeness (QED) is 0.866. The minimum Gasteiger partial charge on any atom is -0.377 e. The van der Waals surface area contributed by atoms with Crippen molar-refractivity contribution in [2.45, 2.75) is 25.4 Å². The van der Waals surface area contributed by atoms with Crippen LogP contribution in [-0.2, 0) is 0 Å². The highest BCUT2D eigenvalue weighted by molar-refractivity contribution is 9.10. The third-order valence-corrected chi connectivity index (χ3v) is 4.83. The molecule has 1 aliphatic carbocycles. The minimum absolute atomic E-state index is 0.136. The van der Waals surface area contributed by atoms with Crippen LogP contribution < -0.4 is 11.1 Å². The molecule has 0 aliphatic heterocycles. The van der Waals surface area contributed by atoms with E-state index in [9.17, 15) is 0 Å². The molecule has 3 heteroatoms. The monoisotopic (exact) mass is 316 g/mol. The lowest BCUT2D eigenvalue weighted by Crippen LogP contribution is -2.10. The van der Waals surface area contributed by atoms with E-state index < -0.39 is 0 Å². The van der Waals surface area contributed by atoms with Gasteiger partial charge in [0.15, 0.2) is 0 Å². The smallest absolute Gasteiger partial charge is 0.0535 e. The molecule has 2 atom stereocenters. The normalized spacial score (nSPS) is 21.2. The van der Waals surface area contributed by atoms with Gasteiger partial charge in [0.1, 0.15) is 0 Å². The average Bonchev–Trinajstić information content (AvgIpc) is 2.73. The summed E-state index contributed by atoms with van der Waals surface area (Å²) in [6.07, 6.45) is 0.944. The Labute approximate surface area is 122 Å². The second-order valence-electron chi connectivity index (χ2n) is 5.10. The Kier molecular flexibility index (Phi) is 3.33. The number of nitrogens with one attached hydrogen (secondary N) is 1. The van der Waals surface area contributed by atoms with E-state index in [0.29, 0.717) is 6.04 Å². The maximum Gasteiger partial charge on any atom is 0.0535 e. The summed E-state index contributed by atoms with van der Waals surface area (Å²) in [5.74, 6) is 0. The fourth-order valence-corrected chi connectivity index (χ4v) is 3.14. The topological polar surface area (TPSA) is 38.0 Å². The van der Waals surface area contributed by atoms with E-state index in [4.69, 9.17) is 5.73 Å². The summed E-state index contributed by atoms with van der Waals surface area (Å²) in [5, 5.41) is 3.61. The van der Waals surface area contributed by atoms with E-state index in [2.05, 4.69) is 70.6 Å². The van der Waals surface area contributed by atoms with Crippen molar-refractivity contribution in [2.75, 3.05) is 5.32 Å². The van der Waals surface area contributed by atoms with Crippen LogP contribution in [0.2, 0.25) is 0 Å². The molecule has 2 aromatic rings. The van der Waals surface area contributed by atoms with Crippen molar-refractivity contribution in [2.24, 2.45) is 5.73 Å². The Hall–Kier alpha value is -1.32. The van der Waals surface area contributed by atoms with Crippen molar-refractivity contribution < 1.29 is 0 Å². The Morgan fingerprint density at radius 1 is 1.11 bits per heavy atom. The zero-order valence-corrected chi connectivity index (χ0v) is 12.4. The zero-order chi connectivity index (χ0) is 13.4. The molecule has 3 rings (SSSR count). The van der Waals surface area contributed by atoms with E-state index in [1.54, 1.807) is 0 Å². The fourth-order valence-electron chi connectivity index (χ4n) is 2.76. The van der Waals surface area contributed by atoms with E-state index in [1.807, 2.05) is 0 Å². The van der Waals surface area contributed by atoms with Crippen LogP contribution in [-0.4, -0.2) is 0 Å². The lowest BCUT2D eigenvalue weighted by Gasteiger charge is -2.17. The number of aryl methyl sites for hydroxylation is 1. The van der Waals surface area contributed by atoms with Crippen LogP contribution in [0.3, 0.4) is 0 Å². The first kappa shape index (κ1) is 12.7. The maximum absolute atomic E-state index is 6.21. The number of halogens is 1. The van der Waals surface area contributed by atoms with Gasteiger partial charge >= 0.3 is 0 Å². The van der Waals surface area contributed by atoms with Crippen molar-refractivity contribution in [3.05, 3.63) is 63.6 Å². The summed E-state index contributed by atoms with van der Waals surface area (Å²) in [6.45, 7) is 2.10. The molecule has 2 nitrogen and oxygen atoms in total. The van der Waals surface area contributed by atoms with Crippen molar-refractivity contribution in [1.29, 1.82) is 0 Å². The molecule has 0 aromatic heterocycles. The van der Waals surface area contributed by atoms with Crippen LogP contribution in [0.1, 0.15) is 35.2 Å². The largest absolute Gasteiger partial charge is 0.377 e. The molecule has 0 saturated heterocycles. The van der Waals surface area contributed by atoms with Crippen molar-refractivity contribution in [3.63, 3.8) is 0 Å². The summed E-state index contributed by atoms with van der Waals surface area (Å²) in [6, 6.07) is 15.1. The highest BCUT2D eigenvalue weighted by atomic mass is 79.9. The third kappa shape index (κ3) is 2.28. The maximum atomic E-state index is 6.21. The molecule has 0 radical (unpaired) electrons. The molecule has 19 heavy (non-hydrogen) atoms. The molecule has 3 N–H and O–H groups in total. The standard InChI is InChI=1S/C16H17BrN2/c1-10-5-4-8-14(16(10)17)19-15-9-13(18)11-6-2-3-7-12(11)15/h2-8,13,15,19H,9,18H2,1H3. The van der Waals surface area contributed by atoms with Crippen LogP contribution in [0, 0.1) is 6.92 Å². The van der Waals surface area contributed by atoms with Crippen molar-refractivity contribution in [3.8, 4) is 0 Å². The van der Waals surface area contributed by atoms with Gasteiger partial charge in [-0.1, -0.05) is 36.4 Å². The van der Waals surface area contributed by atoms with E-state index in [-0.39, 0.29) is 6.04 Å². The van der Waals surface area contributed by atoms with Gasteiger partial charge in [0.2, 0.25) is 0 Å². The lowest BCUT2D eigenvalue weighted by molar-refractivity contribution is 0.648. The van der Waals surface area contributed by atoms with Crippen LogP contribution in [0.15, 0.2) is 46.9 Å². The lowest BCUT2D eigenvalue weighted by atomic mass is 10.1. The number of hydrogen-bond donors (Lipinski definition) is 2. The molecule has 0 heterocycles. The molecule has 0 fully saturated rings. The number of fused-ring (bicyclic) bond motifs is 1. The van der Waals surface area contributed by atoms with Gasteiger partial charge in [0.25, 0.3) is 0 Å². The van der Waals surface area contributed by atoms with E-state index >= 15 is 0 Å². The van der Waals surface area contributed by atoms with Gasteiger partial charge in [-0.2, -0.15) is 0 Å². The third-order valence-electron chi connectivity index (χ3n) is 3.78. The molecule has 0 amide bonds. The number of hydrogen-bond acceptors (Lipinski definition) is 2. The first-order valence-corrected chi connectivity index (χ1v) is 7.32. The van der Waals surface area contributed by atoms with Crippen LogP contribution in [0.25, 0.3) is 0 Å². The summed E-state index contributed by atoms with van der Waals surface area (Å²) < 4.78 is 1.13. The van der Waals surface area contributed by atoms with Crippen LogP contribution in [0.5, 0.6) is 0 Å². The molecule has 0 bridgehead atoms. The van der Waals surface area contributed by atoms with Gasteiger partial charge in [-0.05, 0) is 52.0 Å². The summed E-state index contributed by atoms with van der Waals surface area (Å²) in [5.41, 5.74) is 11.2. The number of benzene rings is 2. The fraction of sp³-hybridized carbons (Fsp3) is 0.250. The van der Waals surface area contributed by atoms with Crippen LogP contribution >= 0.6 is 15.9 Å². The number of rotatable bonds is 2. The SMILES string of the molecule is Cc1cccc(NC2CC(N)c3ccccc32)c1Br. The van der Waals surface area contributed by atoms with Gasteiger partial charge in [-0.3, -0.25) is 0 Å². The summed E-state index contributed by atoms with van der Waals surface area (Å²) >= 11 is 3.65. The number of anilines is 1. The van der Waals surface area contributed by atoms with Gasteiger partial charge in [0, 0.05) is 16.2 Å². The highest BCUT2D eigenvalue weighted by Gasteiger charge is 2.28. The van der Waals surface area contributed by atoms with E-state index in [1.165, 1.54) is 16.7 Å². The predicted molar refractivity (Wildman–Crippen MR) is 83.2 cm³/mol. The van der Waals surface area contributed by atoms with Gasteiger partial charge < -0.3 is 11.1 Å². The highest BCUT2D eigenvalue weighted by Crippen LogP contribution is 2.40. The second kappa shape index (κ2) is 4.99. The van der Waals surface area contributed by atoms with Gasteiger partial charge in [-0.15, -0.1) is 0 Å². The zero-order valence-electron chi connectivity index (χ0n) is 10.9. The molecule has 2 unspecified atom stereocenters. The van der Waals surface area contributed by atoms with Gasteiger partial charge in [-0.25, -0.2) is 0 Å². The van der Waals surface area contributed by atoms with Crippen molar-refractivity contribution >= 4 is 21.6 Å². The minimum atomic E-state index is 0.136. The molecule has 0 spiro atoms. The Balaban J connectivity index is 1.91. The average molecular weight is 317 g/mol. The molecule has 2 aromatic carbocycles. The second-order valence-corrected chi connectivity index (χ2v) is 5.90. The molecule has 0 saturated carbocycles. The Morgan fingerprint density at radius 2 is 1.84 bits per heavy atom. The molecule has 98 valence electrons. The molecular weight excluding hydrogens is 300 g/mol. The first-order valence-electron chi connectivity index (χ1n) is 6.53. The van der Waals surface area contributed by atoms with Gasteiger partial charge in [0.05, 0.1) is 6.04 Å². The predicted octanol–water partition coefficient (Wildman–Crippen LogP) is 4.31. The van der Waals surface area contributed by atoms with E-state index in [0.717, 1.165) is 16.6 Å². The summed E-state index contributed by atoms with van der Waals surface area (Å²) in [7, 11) is 0. The molecule has 1 aliphatic rings. The first-order chi connectivity index (χ1) is 9.16. The Bertz CT molecular complexity index is 609. The van der Waals surface area contributed by atoms with Crippen molar-refractivity contribution in [1.82, 2.24) is 0 Å². The number of nitrogens with two attached hydrogens (primary N) is 1.